The number of fused-ring (bicyclic) bond motifs is 1. The molecule has 0 saturated heterocycles. The number of benzene rings is 1. The Bertz CT molecular complexity index is 526. The predicted octanol–water partition coefficient (Wildman–Crippen LogP) is 3.09. The summed E-state index contributed by atoms with van der Waals surface area (Å²) in [5.41, 5.74) is 7.63. The largest absolute Gasteiger partial charge is 0.406 e. The van der Waals surface area contributed by atoms with Crippen LogP contribution in [0.2, 0.25) is 0 Å². The van der Waals surface area contributed by atoms with Crippen LogP contribution in [0.15, 0.2) is 24.4 Å². The van der Waals surface area contributed by atoms with Crippen LogP contribution < -0.4 is 5.73 Å². The highest BCUT2D eigenvalue weighted by Gasteiger charge is 2.28. The zero-order valence-corrected chi connectivity index (χ0v) is 8.67. The van der Waals surface area contributed by atoms with Crippen molar-refractivity contribution in [1.82, 2.24) is 4.57 Å². The number of nitrogens with two attached hydrogens (primary N) is 1. The maximum absolute atomic E-state index is 12.3. The summed E-state index contributed by atoms with van der Waals surface area (Å²) in [4.78, 5) is 0. The lowest BCUT2D eigenvalue weighted by Gasteiger charge is -2.09. The zero-order valence-electron chi connectivity index (χ0n) is 8.67. The first-order valence-electron chi connectivity index (χ1n) is 4.78. The summed E-state index contributed by atoms with van der Waals surface area (Å²) in [6.07, 6.45) is -2.81. The first kappa shape index (κ1) is 10.9. The van der Waals surface area contributed by atoms with Crippen molar-refractivity contribution in [3.63, 3.8) is 0 Å². The van der Waals surface area contributed by atoms with Gasteiger partial charge in [0.1, 0.15) is 6.54 Å². The molecule has 0 amide bonds. The predicted molar refractivity (Wildman–Crippen MR) is 57.1 cm³/mol. The third kappa shape index (κ3) is 1.98. The van der Waals surface area contributed by atoms with E-state index in [4.69, 9.17) is 5.73 Å². The average Bonchev–Trinajstić information content (AvgIpc) is 2.46. The van der Waals surface area contributed by atoms with Crippen molar-refractivity contribution in [2.24, 2.45) is 0 Å². The smallest absolute Gasteiger partial charge is 0.398 e. The van der Waals surface area contributed by atoms with E-state index in [0.29, 0.717) is 16.6 Å². The van der Waals surface area contributed by atoms with Crippen LogP contribution in [0.25, 0.3) is 10.9 Å². The Morgan fingerprint density at radius 2 is 2.00 bits per heavy atom. The summed E-state index contributed by atoms with van der Waals surface area (Å²) in [6.45, 7) is 0.820. The standard InChI is InChI=1S/C11H11F3N2/c1-7-4-9(15)8-2-3-16(10(8)5-7)6-11(12,13)14/h2-5H,6,15H2,1H3. The Labute approximate surface area is 90.5 Å². The van der Waals surface area contributed by atoms with Gasteiger partial charge in [0.25, 0.3) is 0 Å². The molecule has 0 atom stereocenters. The van der Waals surface area contributed by atoms with Crippen molar-refractivity contribution >= 4 is 16.6 Å². The van der Waals surface area contributed by atoms with Gasteiger partial charge in [-0.15, -0.1) is 0 Å². The summed E-state index contributed by atoms with van der Waals surface area (Å²) in [6, 6.07) is 5.06. The molecule has 16 heavy (non-hydrogen) atoms. The topological polar surface area (TPSA) is 30.9 Å². The summed E-state index contributed by atoms with van der Waals surface area (Å²) in [5.74, 6) is 0. The van der Waals surface area contributed by atoms with Gasteiger partial charge in [-0.05, 0) is 30.7 Å². The molecular weight excluding hydrogens is 217 g/mol. The van der Waals surface area contributed by atoms with Gasteiger partial charge in [-0.3, -0.25) is 0 Å². The van der Waals surface area contributed by atoms with Crippen molar-refractivity contribution in [2.45, 2.75) is 19.6 Å². The number of aryl methyl sites for hydroxylation is 1. The number of aromatic nitrogens is 1. The highest BCUT2D eigenvalue weighted by molar-refractivity contribution is 5.92. The van der Waals surface area contributed by atoms with E-state index in [-0.39, 0.29) is 0 Å². The SMILES string of the molecule is Cc1cc(N)c2ccn(CC(F)(F)F)c2c1. The Morgan fingerprint density at radius 3 is 2.62 bits per heavy atom. The van der Waals surface area contributed by atoms with E-state index in [2.05, 4.69) is 0 Å². The van der Waals surface area contributed by atoms with Crippen LogP contribution in [0.3, 0.4) is 0 Å². The molecule has 1 heterocycles. The third-order valence-electron chi connectivity index (χ3n) is 2.41. The van der Waals surface area contributed by atoms with Crippen molar-refractivity contribution in [3.8, 4) is 0 Å². The van der Waals surface area contributed by atoms with Gasteiger partial charge in [-0.25, -0.2) is 0 Å². The molecule has 5 heteroatoms. The number of rotatable bonds is 1. The number of hydrogen-bond donors (Lipinski definition) is 1. The first-order valence-corrected chi connectivity index (χ1v) is 4.78. The minimum Gasteiger partial charge on any atom is -0.398 e. The van der Waals surface area contributed by atoms with Crippen LogP contribution in [0.5, 0.6) is 0 Å². The monoisotopic (exact) mass is 228 g/mol. The number of hydrogen-bond acceptors (Lipinski definition) is 1. The van der Waals surface area contributed by atoms with Gasteiger partial charge in [-0.1, -0.05) is 0 Å². The summed E-state index contributed by atoms with van der Waals surface area (Å²) in [7, 11) is 0. The molecule has 0 radical (unpaired) electrons. The lowest BCUT2D eigenvalue weighted by Crippen LogP contribution is -2.16. The van der Waals surface area contributed by atoms with Gasteiger partial charge in [0.05, 0.1) is 5.52 Å². The molecule has 1 aromatic carbocycles. The molecule has 0 spiro atoms. The Morgan fingerprint density at radius 1 is 1.31 bits per heavy atom. The minimum atomic E-state index is -4.22. The van der Waals surface area contributed by atoms with Crippen LogP contribution in [0.1, 0.15) is 5.56 Å². The summed E-state index contributed by atoms with van der Waals surface area (Å²) in [5, 5.41) is 0.662. The van der Waals surface area contributed by atoms with Gasteiger partial charge in [0.15, 0.2) is 0 Å². The second-order valence-electron chi connectivity index (χ2n) is 3.85. The molecule has 0 aliphatic heterocycles. The average molecular weight is 228 g/mol. The fourth-order valence-corrected chi connectivity index (χ4v) is 1.80. The highest BCUT2D eigenvalue weighted by atomic mass is 19.4. The highest BCUT2D eigenvalue weighted by Crippen LogP contribution is 2.27. The normalized spacial score (nSPS) is 12.2. The van der Waals surface area contributed by atoms with E-state index in [0.717, 1.165) is 5.56 Å². The van der Waals surface area contributed by atoms with Crippen molar-refractivity contribution in [2.75, 3.05) is 5.73 Å². The van der Waals surface area contributed by atoms with E-state index in [1.807, 2.05) is 0 Å². The molecule has 0 unspecified atom stereocenters. The number of alkyl halides is 3. The maximum atomic E-state index is 12.3. The van der Waals surface area contributed by atoms with Crippen LogP contribution in [-0.4, -0.2) is 10.7 Å². The van der Waals surface area contributed by atoms with Gasteiger partial charge < -0.3 is 10.3 Å². The van der Waals surface area contributed by atoms with E-state index < -0.39 is 12.7 Å². The van der Waals surface area contributed by atoms with Crippen molar-refractivity contribution in [3.05, 3.63) is 30.0 Å². The van der Waals surface area contributed by atoms with Gasteiger partial charge >= 0.3 is 6.18 Å². The van der Waals surface area contributed by atoms with E-state index in [1.54, 1.807) is 25.1 Å². The van der Waals surface area contributed by atoms with Gasteiger partial charge in [-0.2, -0.15) is 13.2 Å². The lowest BCUT2D eigenvalue weighted by molar-refractivity contribution is -0.139. The molecule has 0 aliphatic carbocycles. The number of nitrogen functional groups attached to an aromatic ring is 1. The minimum absolute atomic E-state index is 0.510. The van der Waals surface area contributed by atoms with Crippen molar-refractivity contribution in [1.29, 1.82) is 0 Å². The molecule has 0 aliphatic rings. The molecule has 0 fully saturated rings. The molecule has 86 valence electrons. The van der Waals surface area contributed by atoms with Crippen LogP contribution in [0.4, 0.5) is 18.9 Å². The first-order chi connectivity index (χ1) is 7.37. The molecule has 2 rings (SSSR count). The number of halogens is 3. The maximum Gasteiger partial charge on any atom is 0.406 e. The molecule has 0 bridgehead atoms. The summed E-state index contributed by atoms with van der Waals surface area (Å²) >= 11 is 0. The Balaban J connectivity index is 2.56. The molecule has 2 aromatic rings. The quantitative estimate of drug-likeness (QED) is 0.747. The molecule has 2 nitrogen and oxygen atoms in total. The lowest BCUT2D eigenvalue weighted by atomic mass is 10.1. The molecule has 2 N–H and O–H groups in total. The van der Waals surface area contributed by atoms with Crippen LogP contribution >= 0.6 is 0 Å². The van der Waals surface area contributed by atoms with E-state index in [1.165, 1.54) is 10.8 Å². The van der Waals surface area contributed by atoms with E-state index in [9.17, 15) is 13.2 Å². The van der Waals surface area contributed by atoms with Gasteiger partial charge in [0, 0.05) is 17.3 Å². The fraction of sp³-hybridized carbons (Fsp3) is 0.273. The number of nitrogens with zero attached hydrogens (tertiary/aromatic N) is 1. The van der Waals surface area contributed by atoms with Crippen LogP contribution in [0, 0.1) is 6.92 Å². The fourth-order valence-electron chi connectivity index (χ4n) is 1.80. The Hall–Kier alpha value is -1.65. The van der Waals surface area contributed by atoms with Crippen molar-refractivity contribution < 1.29 is 13.2 Å². The Kier molecular flexibility index (Phi) is 2.33. The molecular formula is C11H11F3N2. The van der Waals surface area contributed by atoms with Gasteiger partial charge in [0.2, 0.25) is 0 Å². The zero-order chi connectivity index (χ0) is 11.9. The second-order valence-corrected chi connectivity index (χ2v) is 3.85. The molecule has 1 aromatic heterocycles. The van der Waals surface area contributed by atoms with E-state index >= 15 is 0 Å². The third-order valence-corrected chi connectivity index (χ3v) is 2.41. The van der Waals surface area contributed by atoms with Crippen LogP contribution in [-0.2, 0) is 6.54 Å². The molecule has 0 saturated carbocycles. The second kappa shape index (κ2) is 3.43. The number of anilines is 1. The summed E-state index contributed by atoms with van der Waals surface area (Å²) < 4.78 is 38.1.